The summed E-state index contributed by atoms with van der Waals surface area (Å²) in [4.78, 5) is 27.5. The molecule has 1 aliphatic heterocycles. The van der Waals surface area contributed by atoms with Crippen LogP contribution in [-0.4, -0.2) is 16.6 Å². The zero-order chi connectivity index (χ0) is 14.3. The summed E-state index contributed by atoms with van der Waals surface area (Å²) in [5.41, 5.74) is -0.698. The molecule has 1 aliphatic rings. The Bertz CT molecular complexity index is 783. The molecule has 0 saturated heterocycles. The van der Waals surface area contributed by atoms with Crippen molar-refractivity contribution >= 4 is 17.3 Å². The topological polar surface area (TPSA) is 87.0 Å². The molecule has 0 aliphatic carbocycles. The van der Waals surface area contributed by atoms with E-state index in [0.717, 1.165) is 5.69 Å². The predicted octanol–water partition coefficient (Wildman–Crippen LogP) is 1.44. The highest BCUT2D eigenvalue weighted by atomic mass is 35.5. The Kier molecular flexibility index (Phi) is 2.83. The van der Waals surface area contributed by atoms with Crippen LogP contribution in [0.25, 0.3) is 0 Å². The Hall–Kier alpha value is -2.21. The highest BCUT2D eigenvalue weighted by Crippen LogP contribution is 2.37. The monoisotopic (exact) mass is 293 g/mol. The second kappa shape index (κ2) is 4.42. The summed E-state index contributed by atoms with van der Waals surface area (Å²) in [6.07, 6.45) is 1.47. The van der Waals surface area contributed by atoms with Crippen LogP contribution in [-0.2, 0) is 5.54 Å². The zero-order valence-corrected chi connectivity index (χ0v) is 11.4. The van der Waals surface area contributed by atoms with Crippen LogP contribution < -0.4 is 21.2 Å². The van der Waals surface area contributed by atoms with Crippen molar-refractivity contribution in [3.63, 3.8) is 0 Å². The molecule has 3 N–H and O–H groups in total. The van der Waals surface area contributed by atoms with Gasteiger partial charge in [-0.05, 0) is 19.1 Å². The second-order valence-electron chi connectivity index (χ2n) is 4.87. The minimum atomic E-state index is -0.688. The van der Waals surface area contributed by atoms with E-state index in [1.165, 1.54) is 6.20 Å². The maximum Gasteiger partial charge on any atom is 0.313 e. The lowest BCUT2D eigenvalue weighted by Crippen LogP contribution is -2.44. The Morgan fingerprint density at radius 2 is 2.10 bits per heavy atom. The quantitative estimate of drug-likeness (QED) is 0.694. The van der Waals surface area contributed by atoms with Crippen molar-refractivity contribution < 1.29 is 4.74 Å². The predicted molar refractivity (Wildman–Crippen MR) is 75.6 cm³/mol. The number of anilines is 1. The summed E-state index contributed by atoms with van der Waals surface area (Å²) < 4.78 is 5.68. The number of fused-ring (bicyclic) bond motifs is 1. The number of hydrogen-bond donors (Lipinski definition) is 3. The molecule has 0 radical (unpaired) electrons. The van der Waals surface area contributed by atoms with Gasteiger partial charge in [0.1, 0.15) is 17.9 Å². The summed E-state index contributed by atoms with van der Waals surface area (Å²) in [6, 6.07) is 5.27. The first-order chi connectivity index (χ1) is 9.48. The largest absolute Gasteiger partial charge is 0.489 e. The highest BCUT2D eigenvalue weighted by molar-refractivity contribution is 6.30. The smallest absolute Gasteiger partial charge is 0.313 e. The third kappa shape index (κ3) is 2.08. The molecule has 1 aromatic carbocycles. The summed E-state index contributed by atoms with van der Waals surface area (Å²) in [5.74, 6) is 0.654. The van der Waals surface area contributed by atoms with Crippen LogP contribution in [0.15, 0.2) is 34.0 Å². The normalized spacial score (nSPS) is 20.7. The SMILES string of the molecule is CC1(c2c[nH]c(=O)c(=O)[nH]2)COc2cc(Cl)ccc2N1. The van der Waals surface area contributed by atoms with E-state index in [4.69, 9.17) is 16.3 Å². The summed E-state index contributed by atoms with van der Waals surface area (Å²) in [6.45, 7) is 2.16. The maximum absolute atomic E-state index is 11.4. The second-order valence-corrected chi connectivity index (χ2v) is 5.31. The van der Waals surface area contributed by atoms with Crippen LogP contribution in [0.4, 0.5) is 5.69 Å². The van der Waals surface area contributed by atoms with Crippen LogP contribution in [0, 0.1) is 0 Å². The third-order valence-electron chi connectivity index (χ3n) is 3.27. The van der Waals surface area contributed by atoms with Gasteiger partial charge in [-0.3, -0.25) is 9.59 Å². The van der Waals surface area contributed by atoms with E-state index in [-0.39, 0.29) is 0 Å². The lowest BCUT2D eigenvalue weighted by atomic mass is 9.97. The molecule has 0 bridgehead atoms. The minimum Gasteiger partial charge on any atom is -0.489 e. The Morgan fingerprint density at radius 1 is 1.30 bits per heavy atom. The Morgan fingerprint density at radius 3 is 2.85 bits per heavy atom. The molecule has 2 aromatic rings. The first-order valence-electron chi connectivity index (χ1n) is 6.01. The summed E-state index contributed by atoms with van der Waals surface area (Å²) in [7, 11) is 0. The number of halogens is 1. The van der Waals surface area contributed by atoms with Gasteiger partial charge in [0, 0.05) is 17.3 Å². The zero-order valence-electron chi connectivity index (χ0n) is 10.6. The summed E-state index contributed by atoms with van der Waals surface area (Å²) >= 11 is 5.91. The number of hydrogen-bond acceptors (Lipinski definition) is 4. The molecule has 0 saturated carbocycles. The van der Waals surface area contributed by atoms with E-state index in [2.05, 4.69) is 15.3 Å². The average molecular weight is 294 g/mol. The van der Waals surface area contributed by atoms with Gasteiger partial charge in [-0.15, -0.1) is 0 Å². The van der Waals surface area contributed by atoms with Gasteiger partial charge in [-0.2, -0.15) is 0 Å². The fourth-order valence-corrected chi connectivity index (χ4v) is 2.30. The molecule has 104 valence electrons. The lowest BCUT2D eigenvalue weighted by Gasteiger charge is -2.36. The van der Waals surface area contributed by atoms with E-state index in [1.54, 1.807) is 18.2 Å². The van der Waals surface area contributed by atoms with Crippen LogP contribution in [0.1, 0.15) is 12.6 Å². The first kappa shape index (κ1) is 12.8. The van der Waals surface area contributed by atoms with Crippen molar-refractivity contribution in [3.05, 3.63) is 55.8 Å². The fourth-order valence-electron chi connectivity index (χ4n) is 2.14. The number of H-pyrrole nitrogens is 2. The molecule has 1 atom stereocenters. The third-order valence-corrected chi connectivity index (χ3v) is 3.50. The molecule has 0 fully saturated rings. The van der Waals surface area contributed by atoms with E-state index >= 15 is 0 Å². The number of nitrogens with one attached hydrogen (secondary N) is 3. The molecule has 7 heteroatoms. The van der Waals surface area contributed by atoms with Gasteiger partial charge in [0.25, 0.3) is 0 Å². The van der Waals surface area contributed by atoms with Crippen molar-refractivity contribution in [3.8, 4) is 5.75 Å². The van der Waals surface area contributed by atoms with Crippen molar-refractivity contribution in [2.24, 2.45) is 0 Å². The molecule has 0 amide bonds. The van der Waals surface area contributed by atoms with Crippen LogP contribution in [0.5, 0.6) is 5.75 Å². The van der Waals surface area contributed by atoms with Crippen molar-refractivity contribution in [2.75, 3.05) is 11.9 Å². The van der Waals surface area contributed by atoms with Crippen LogP contribution in [0.2, 0.25) is 5.02 Å². The first-order valence-corrected chi connectivity index (χ1v) is 6.39. The summed E-state index contributed by atoms with van der Waals surface area (Å²) in [5, 5.41) is 3.88. The molecular weight excluding hydrogens is 282 g/mol. The molecule has 2 heterocycles. The standard InChI is InChI=1S/C13H12ClN3O3/c1-13(10-5-15-11(18)12(19)16-10)6-20-9-4-7(14)2-3-8(9)17-13/h2-5,17H,6H2,1H3,(H,15,18)(H,16,19). The van der Waals surface area contributed by atoms with E-state index in [1.807, 2.05) is 6.92 Å². The van der Waals surface area contributed by atoms with Gasteiger partial charge in [0.2, 0.25) is 0 Å². The van der Waals surface area contributed by atoms with Gasteiger partial charge >= 0.3 is 11.1 Å². The number of benzene rings is 1. The number of ether oxygens (including phenoxy) is 1. The van der Waals surface area contributed by atoms with Crippen LogP contribution >= 0.6 is 11.6 Å². The minimum absolute atomic E-state index is 0.294. The lowest BCUT2D eigenvalue weighted by molar-refractivity contribution is 0.227. The average Bonchev–Trinajstić information content (AvgIpc) is 2.42. The van der Waals surface area contributed by atoms with Crippen molar-refractivity contribution in [1.82, 2.24) is 9.97 Å². The Labute approximate surface area is 118 Å². The van der Waals surface area contributed by atoms with E-state index in [9.17, 15) is 9.59 Å². The molecule has 20 heavy (non-hydrogen) atoms. The number of aromatic amines is 2. The van der Waals surface area contributed by atoms with E-state index < -0.39 is 16.7 Å². The van der Waals surface area contributed by atoms with Gasteiger partial charge in [0.05, 0.1) is 11.4 Å². The molecular formula is C13H12ClN3O3. The van der Waals surface area contributed by atoms with Gasteiger partial charge in [0.15, 0.2) is 0 Å². The molecule has 6 nitrogen and oxygen atoms in total. The fraction of sp³-hybridized carbons (Fsp3) is 0.231. The molecule has 1 unspecified atom stereocenters. The highest BCUT2D eigenvalue weighted by Gasteiger charge is 2.33. The van der Waals surface area contributed by atoms with Crippen molar-refractivity contribution in [1.29, 1.82) is 0 Å². The van der Waals surface area contributed by atoms with Gasteiger partial charge in [-0.1, -0.05) is 11.6 Å². The molecule has 1 aromatic heterocycles. The molecule has 3 rings (SSSR count). The number of aromatic nitrogens is 2. The number of rotatable bonds is 1. The van der Waals surface area contributed by atoms with Crippen LogP contribution in [0.3, 0.4) is 0 Å². The maximum atomic E-state index is 11.4. The Balaban J connectivity index is 2.02. The van der Waals surface area contributed by atoms with Gasteiger partial charge in [-0.25, -0.2) is 0 Å². The van der Waals surface area contributed by atoms with E-state index in [0.29, 0.717) is 23.1 Å². The molecule has 0 spiro atoms. The van der Waals surface area contributed by atoms with Gasteiger partial charge < -0.3 is 20.0 Å². The van der Waals surface area contributed by atoms with Crippen molar-refractivity contribution in [2.45, 2.75) is 12.5 Å².